The van der Waals surface area contributed by atoms with Crippen LogP contribution in [0.4, 0.5) is 4.39 Å². The number of ether oxygens (including phenoxy) is 2. The Balaban J connectivity index is 3.09. The van der Waals surface area contributed by atoms with Crippen molar-refractivity contribution in [3.05, 3.63) is 22.4 Å². The summed E-state index contributed by atoms with van der Waals surface area (Å²) in [5.41, 5.74) is -2.86. The molecule has 0 saturated heterocycles. The highest BCUT2D eigenvalue weighted by atomic mass is 32.1. The standard InChI is InChI=1S/C11H13FO4S/c1-3-15-9(13)11(12,10(14)16-4-2)8-6-5-7-17-8/h5-7H,3-4H2,1-2H3. The molecule has 0 aliphatic heterocycles. The monoisotopic (exact) mass is 260 g/mol. The van der Waals surface area contributed by atoms with Gasteiger partial charge in [-0.1, -0.05) is 6.07 Å². The van der Waals surface area contributed by atoms with E-state index < -0.39 is 17.6 Å². The number of carbonyl (C=O) groups is 2. The number of carbonyl (C=O) groups excluding carboxylic acids is 2. The van der Waals surface area contributed by atoms with E-state index in [1.54, 1.807) is 11.4 Å². The average molecular weight is 260 g/mol. The molecule has 1 aromatic rings. The molecule has 94 valence electrons. The number of rotatable bonds is 5. The summed E-state index contributed by atoms with van der Waals surface area (Å²) in [7, 11) is 0. The lowest BCUT2D eigenvalue weighted by Crippen LogP contribution is -2.41. The van der Waals surface area contributed by atoms with Crippen LogP contribution in [0.25, 0.3) is 0 Å². The first-order valence-corrected chi connectivity index (χ1v) is 6.02. The highest BCUT2D eigenvalue weighted by Gasteiger charge is 2.52. The van der Waals surface area contributed by atoms with E-state index in [0.29, 0.717) is 0 Å². The van der Waals surface area contributed by atoms with E-state index in [1.807, 2.05) is 0 Å². The van der Waals surface area contributed by atoms with Crippen LogP contribution in [0.15, 0.2) is 17.5 Å². The smallest absolute Gasteiger partial charge is 0.361 e. The zero-order valence-corrected chi connectivity index (χ0v) is 10.4. The van der Waals surface area contributed by atoms with Crippen LogP contribution in [-0.4, -0.2) is 25.2 Å². The Kier molecular flexibility index (Phi) is 4.62. The lowest BCUT2D eigenvalue weighted by atomic mass is 10.1. The summed E-state index contributed by atoms with van der Waals surface area (Å²) in [5.74, 6) is -2.47. The number of halogens is 1. The number of hydrogen-bond acceptors (Lipinski definition) is 5. The third kappa shape index (κ3) is 2.63. The Hall–Kier alpha value is -1.43. The van der Waals surface area contributed by atoms with Gasteiger partial charge in [-0.05, 0) is 25.3 Å². The molecule has 0 atom stereocenters. The summed E-state index contributed by atoms with van der Waals surface area (Å²) in [6.07, 6.45) is 0. The second-order valence-electron chi connectivity index (χ2n) is 3.08. The molecule has 1 rings (SSSR count). The molecule has 0 aliphatic rings. The first-order valence-electron chi connectivity index (χ1n) is 5.14. The van der Waals surface area contributed by atoms with Gasteiger partial charge >= 0.3 is 17.6 Å². The molecular formula is C11H13FO4S. The molecule has 0 spiro atoms. The van der Waals surface area contributed by atoms with Gasteiger partial charge < -0.3 is 9.47 Å². The zero-order chi connectivity index (χ0) is 12.9. The molecule has 0 unspecified atom stereocenters. The third-order valence-corrected chi connectivity index (χ3v) is 2.94. The Morgan fingerprint density at radius 1 is 1.29 bits per heavy atom. The molecule has 0 aliphatic carbocycles. The first kappa shape index (κ1) is 13.6. The molecule has 6 heteroatoms. The lowest BCUT2D eigenvalue weighted by molar-refractivity contribution is -0.175. The lowest BCUT2D eigenvalue weighted by Gasteiger charge is -2.19. The van der Waals surface area contributed by atoms with Crippen LogP contribution in [0.5, 0.6) is 0 Å². The number of thiophene rings is 1. The fourth-order valence-corrected chi connectivity index (χ4v) is 2.01. The molecular weight excluding hydrogens is 247 g/mol. The minimum Gasteiger partial charge on any atom is -0.463 e. The van der Waals surface area contributed by atoms with Crippen molar-refractivity contribution in [1.82, 2.24) is 0 Å². The molecule has 0 radical (unpaired) electrons. The van der Waals surface area contributed by atoms with Crippen LogP contribution in [0.1, 0.15) is 18.7 Å². The summed E-state index contributed by atoms with van der Waals surface area (Å²) in [6, 6.07) is 2.91. The second kappa shape index (κ2) is 5.77. The molecule has 4 nitrogen and oxygen atoms in total. The molecule has 1 heterocycles. The summed E-state index contributed by atoms with van der Waals surface area (Å²) < 4.78 is 23.8. The van der Waals surface area contributed by atoms with Gasteiger partial charge in [0.2, 0.25) is 0 Å². The predicted octanol–water partition coefficient (Wildman–Crippen LogP) is 2.04. The fourth-order valence-electron chi connectivity index (χ4n) is 1.22. The zero-order valence-electron chi connectivity index (χ0n) is 9.57. The van der Waals surface area contributed by atoms with Crippen LogP contribution in [0.2, 0.25) is 0 Å². The van der Waals surface area contributed by atoms with Crippen molar-refractivity contribution in [3.8, 4) is 0 Å². The van der Waals surface area contributed by atoms with Gasteiger partial charge in [0, 0.05) is 0 Å². The van der Waals surface area contributed by atoms with Crippen LogP contribution >= 0.6 is 11.3 Å². The molecule has 0 saturated carbocycles. The highest BCUT2D eigenvalue weighted by Crippen LogP contribution is 2.33. The number of alkyl halides is 1. The van der Waals surface area contributed by atoms with Gasteiger partial charge in [-0.15, -0.1) is 11.3 Å². The van der Waals surface area contributed by atoms with Crippen LogP contribution < -0.4 is 0 Å². The largest absolute Gasteiger partial charge is 0.463 e. The highest BCUT2D eigenvalue weighted by molar-refractivity contribution is 7.10. The van der Waals surface area contributed by atoms with Gasteiger partial charge in [-0.3, -0.25) is 0 Å². The molecule has 0 aromatic carbocycles. The normalized spacial score (nSPS) is 11.0. The van der Waals surface area contributed by atoms with E-state index in [9.17, 15) is 14.0 Å². The minimum absolute atomic E-state index is 0.00468. The molecule has 0 N–H and O–H groups in total. The van der Waals surface area contributed by atoms with E-state index in [0.717, 1.165) is 11.3 Å². The minimum atomic E-state index is -2.86. The third-order valence-electron chi connectivity index (χ3n) is 1.97. The molecule has 0 bridgehead atoms. The van der Waals surface area contributed by atoms with E-state index >= 15 is 0 Å². The maximum absolute atomic E-state index is 14.6. The topological polar surface area (TPSA) is 52.6 Å². The van der Waals surface area contributed by atoms with Gasteiger partial charge in [0.15, 0.2) is 0 Å². The van der Waals surface area contributed by atoms with E-state index in [1.165, 1.54) is 19.9 Å². The Labute approximate surface area is 102 Å². The summed E-state index contributed by atoms with van der Waals surface area (Å²) in [6.45, 7) is 3.07. The maximum Gasteiger partial charge on any atom is 0.361 e. The van der Waals surface area contributed by atoms with Gasteiger partial charge in [-0.2, -0.15) is 0 Å². The van der Waals surface area contributed by atoms with Gasteiger partial charge in [0.05, 0.1) is 18.1 Å². The average Bonchev–Trinajstić information content (AvgIpc) is 2.82. The molecule has 0 fully saturated rings. The number of hydrogen-bond donors (Lipinski definition) is 0. The van der Waals surface area contributed by atoms with Gasteiger partial charge in [0.1, 0.15) is 0 Å². The van der Waals surface area contributed by atoms with Crippen molar-refractivity contribution in [3.63, 3.8) is 0 Å². The molecule has 1 aromatic heterocycles. The summed E-state index contributed by atoms with van der Waals surface area (Å²) in [5, 5.41) is 1.57. The van der Waals surface area contributed by atoms with Crippen LogP contribution in [0, 0.1) is 0 Å². The molecule has 0 amide bonds. The van der Waals surface area contributed by atoms with E-state index in [-0.39, 0.29) is 18.1 Å². The van der Waals surface area contributed by atoms with Crippen molar-refractivity contribution >= 4 is 23.3 Å². The maximum atomic E-state index is 14.6. The summed E-state index contributed by atoms with van der Waals surface area (Å²) >= 11 is 0.962. The summed E-state index contributed by atoms with van der Waals surface area (Å²) in [4.78, 5) is 23.1. The SMILES string of the molecule is CCOC(=O)C(F)(C(=O)OCC)c1cccs1. The van der Waals surface area contributed by atoms with E-state index in [2.05, 4.69) is 9.47 Å². The Bertz CT molecular complexity index is 370. The second-order valence-corrected chi connectivity index (χ2v) is 4.02. The fraction of sp³-hybridized carbons (Fsp3) is 0.455. The Morgan fingerprint density at radius 2 is 1.82 bits per heavy atom. The van der Waals surface area contributed by atoms with Gasteiger partial charge in [0.25, 0.3) is 0 Å². The van der Waals surface area contributed by atoms with Crippen molar-refractivity contribution in [2.75, 3.05) is 13.2 Å². The predicted molar refractivity (Wildman–Crippen MR) is 60.4 cm³/mol. The van der Waals surface area contributed by atoms with Crippen molar-refractivity contribution in [2.24, 2.45) is 0 Å². The molecule has 17 heavy (non-hydrogen) atoms. The van der Waals surface area contributed by atoms with Crippen LogP contribution in [0.3, 0.4) is 0 Å². The van der Waals surface area contributed by atoms with Crippen LogP contribution in [-0.2, 0) is 24.7 Å². The van der Waals surface area contributed by atoms with Gasteiger partial charge in [-0.25, -0.2) is 14.0 Å². The quantitative estimate of drug-likeness (QED) is 0.600. The van der Waals surface area contributed by atoms with Crippen molar-refractivity contribution < 1.29 is 23.5 Å². The first-order chi connectivity index (χ1) is 8.07. The van der Waals surface area contributed by atoms with Crippen molar-refractivity contribution in [1.29, 1.82) is 0 Å². The van der Waals surface area contributed by atoms with Crippen molar-refractivity contribution in [2.45, 2.75) is 19.5 Å². The number of esters is 2. The van der Waals surface area contributed by atoms with E-state index in [4.69, 9.17) is 0 Å². The Morgan fingerprint density at radius 3 is 2.18 bits per heavy atom.